The van der Waals surface area contributed by atoms with Crippen molar-refractivity contribution in [3.63, 3.8) is 0 Å². The zero-order valence-corrected chi connectivity index (χ0v) is 8.59. The van der Waals surface area contributed by atoms with Gasteiger partial charge in [0, 0.05) is 6.54 Å². The number of amides is 1. The Morgan fingerprint density at radius 3 is 2.54 bits per heavy atom. The number of carbonyl (C=O) groups is 1. The first-order valence-electron chi connectivity index (χ1n) is 4.69. The van der Waals surface area contributed by atoms with E-state index < -0.39 is 0 Å². The second kappa shape index (κ2) is 3.40. The van der Waals surface area contributed by atoms with E-state index >= 15 is 0 Å². The molecule has 1 fully saturated rings. The second-order valence-corrected chi connectivity index (χ2v) is 3.86. The van der Waals surface area contributed by atoms with Gasteiger partial charge in [-0.1, -0.05) is 19.9 Å². The molecule has 1 saturated heterocycles. The first-order valence-corrected chi connectivity index (χ1v) is 4.69. The van der Waals surface area contributed by atoms with Crippen LogP contribution in [0.15, 0.2) is 12.3 Å². The molecule has 1 aliphatic heterocycles. The normalized spacial score (nSPS) is 20.7. The Balaban J connectivity index is 2.71. The molecule has 3 heteroatoms. The predicted molar refractivity (Wildman–Crippen MR) is 51.3 cm³/mol. The first kappa shape index (κ1) is 10.1. The molecule has 0 N–H and O–H groups in total. The zero-order chi connectivity index (χ0) is 10.1. The van der Waals surface area contributed by atoms with Crippen LogP contribution in [0.2, 0.25) is 0 Å². The average molecular weight is 183 g/mol. The fourth-order valence-electron chi connectivity index (χ4n) is 1.35. The summed E-state index contributed by atoms with van der Waals surface area (Å²) in [5.41, 5.74) is -0.341. The van der Waals surface area contributed by atoms with E-state index in [-0.39, 0.29) is 11.6 Å². The highest BCUT2D eigenvalue weighted by molar-refractivity contribution is 5.74. The van der Waals surface area contributed by atoms with E-state index in [0.717, 1.165) is 19.4 Å². The van der Waals surface area contributed by atoms with Crippen LogP contribution in [0.4, 0.5) is 4.79 Å². The summed E-state index contributed by atoms with van der Waals surface area (Å²) < 4.78 is 4.98. The van der Waals surface area contributed by atoms with Crippen LogP contribution in [-0.4, -0.2) is 23.1 Å². The summed E-state index contributed by atoms with van der Waals surface area (Å²) in [6.07, 6.45) is 1.82. The summed E-state index contributed by atoms with van der Waals surface area (Å²) in [4.78, 5) is 13.1. The number of cyclic esters (lactones) is 1. The van der Waals surface area contributed by atoms with Gasteiger partial charge in [-0.25, -0.2) is 4.79 Å². The lowest BCUT2D eigenvalue weighted by Gasteiger charge is -2.27. The van der Waals surface area contributed by atoms with Gasteiger partial charge in [-0.2, -0.15) is 0 Å². The van der Waals surface area contributed by atoms with Crippen LogP contribution in [0.25, 0.3) is 0 Å². The zero-order valence-electron chi connectivity index (χ0n) is 8.59. The van der Waals surface area contributed by atoms with E-state index in [2.05, 4.69) is 13.5 Å². The lowest BCUT2D eigenvalue weighted by Crippen LogP contribution is -2.41. The van der Waals surface area contributed by atoms with Gasteiger partial charge < -0.3 is 4.74 Å². The Hall–Kier alpha value is -0.990. The molecule has 0 bridgehead atoms. The molecule has 0 unspecified atom stereocenters. The van der Waals surface area contributed by atoms with Crippen molar-refractivity contribution < 1.29 is 9.53 Å². The first-order chi connectivity index (χ1) is 6.00. The molecule has 1 heterocycles. The van der Waals surface area contributed by atoms with E-state index in [1.807, 2.05) is 13.8 Å². The molecule has 0 saturated carbocycles. The number of unbranched alkanes of at least 4 members (excludes halogenated alkanes) is 1. The molecule has 0 aromatic heterocycles. The van der Waals surface area contributed by atoms with E-state index in [9.17, 15) is 4.79 Å². The highest BCUT2D eigenvalue weighted by Gasteiger charge is 2.42. The maximum absolute atomic E-state index is 11.3. The molecule has 1 aliphatic rings. The van der Waals surface area contributed by atoms with Crippen LogP contribution in [0.3, 0.4) is 0 Å². The standard InChI is InChI=1S/C10H17NO2/c1-5-6-7-11-9(12)13-8(2)10(11,3)4/h2,5-7H2,1,3-4H3. The smallest absolute Gasteiger partial charge is 0.413 e. The van der Waals surface area contributed by atoms with E-state index in [4.69, 9.17) is 4.74 Å². The minimum atomic E-state index is -0.341. The van der Waals surface area contributed by atoms with Crippen LogP contribution in [-0.2, 0) is 4.74 Å². The highest BCUT2D eigenvalue weighted by Crippen LogP contribution is 2.31. The Labute approximate surface area is 79.4 Å². The molecule has 0 spiro atoms. The number of hydrogen-bond donors (Lipinski definition) is 0. The molecular weight excluding hydrogens is 166 g/mol. The van der Waals surface area contributed by atoms with Crippen LogP contribution in [0.5, 0.6) is 0 Å². The summed E-state index contributed by atoms with van der Waals surface area (Å²) in [5.74, 6) is 0.550. The summed E-state index contributed by atoms with van der Waals surface area (Å²) in [7, 11) is 0. The van der Waals surface area contributed by atoms with Crippen LogP contribution < -0.4 is 0 Å². The largest absolute Gasteiger partial charge is 0.415 e. The third-order valence-corrected chi connectivity index (χ3v) is 2.52. The monoisotopic (exact) mass is 183 g/mol. The van der Waals surface area contributed by atoms with Gasteiger partial charge in [-0.15, -0.1) is 0 Å². The molecule has 0 aromatic rings. The van der Waals surface area contributed by atoms with Gasteiger partial charge in [0.2, 0.25) is 0 Å². The van der Waals surface area contributed by atoms with Gasteiger partial charge in [0.25, 0.3) is 0 Å². The minimum absolute atomic E-state index is 0.261. The maximum Gasteiger partial charge on any atom is 0.415 e. The molecule has 0 atom stereocenters. The summed E-state index contributed by atoms with van der Waals surface area (Å²) in [5, 5.41) is 0. The molecule has 13 heavy (non-hydrogen) atoms. The maximum atomic E-state index is 11.3. The van der Waals surface area contributed by atoms with Crippen molar-refractivity contribution in [1.82, 2.24) is 4.90 Å². The molecule has 1 rings (SSSR count). The Morgan fingerprint density at radius 2 is 2.15 bits per heavy atom. The van der Waals surface area contributed by atoms with Crippen LogP contribution >= 0.6 is 0 Å². The fourth-order valence-corrected chi connectivity index (χ4v) is 1.35. The summed E-state index contributed by atoms with van der Waals surface area (Å²) >= 11 is 0. The summed E-state index contributed by atoms with van der Waals surface area (Å²) in [6.45, 7) is 10.5. The number of hydrogen-bond acceptors (Lipinski definition) is 2. The SMILES string of the molecule is C=C1OC(=O)N(CCCC)C1(C)C. The van der Waals surface area contributed by atoms with Crippen molar-refractivity contribution in [3.8, 4) is 0 Å². The summed E-state index contributed by atoms with van der Waals surface area (Å²) in [6, 6.07) is 0. The molecule has 0 radical (unpaired) electrons. The Bertz CT molecular complexity index is 233. The topological polar surface area (TPSA) is 29.5 Å². The van der Waals surface area contributed by atoms with Gasteiger partial charge in [0.05, 0.1) is 5.54 Å². The van der Waals surface area contributed by atoms with Gasteiger partial charge in [0.1, 0.15) is 5.76 Å². The van der Waals surface area contributed by atoms with Gasteiger partial charge >= 0.3 is 6.09 Å². The average Bonchev–Trinajstić information content (AvgIpc) is 2.21. The van der Waals surface area contributed by atoms with Crippen LogP contribution in [0, 0.1) is 0 Å². The van der Waals surface area contributed by atoms with Gasteiger partial charge in [-0.05, 0) is 20.3 Å². The van der Waals surface area contributed by atoms with Crippen molar-refractivity contribution in [2.75, 3.05) is 6.54 Å². The number of nitrogens with zero attached hydrogens (tertiary/aromatic N) is 1. The molecule has 0 aliphatic carbocycles. The Morgan fingerprint density at radius 1 is 1.54 bits per heavy atom. The van der Waals surface area contributed by atoms with Gasteiger partial charge in [0.15, 0.2) is 0 Å². The van der Waals surface area contributed by atoms with Crippen molar-refractivity contribution in [1.29, 1.82) is 0 Å². The molecule has 0 aromatic carbocycles. The van der Waals surface area contributed by atoms with Crippen molar-refractivity contribution >= 4 is 6.09 Å². The van der Waals surface area contributed by atoms with Crippen molar-refractivity contribution in [3.05, 3.63) is 12.3 Å². The lowest BCUT2D eigenvalue weighted by atomic mass is 10.0. The number of carbonyl (C=O) groups excluding carboxylic acids is 1. The molecular formula is C10H17NO2. The van der Waals surface area contributed by atoms with Gasteiger partial charge in [-0.3, -0.25) is 4.90 Å². The van der Waals surface area contributed by atoms with E-state index in [0.29, 0.717) is 5.76 Å². The quantitative estimate of drug-likeness (QED) is 0.673. The van der Waals surface area contributed by atoms with Crippen LogP contribution in [0.1, 0.15) is 33.6 Å². The van der Waals surface area contributed by atoms with Crippen molar-refractivity contribution in [2.24, 2.45) is 0 Å². The Kier molecular flexibility index (Phi) is 2.64. The lowest BCUT2D eigenvalue weighted by molar-refractivity contribution is 0.156. The fraction of sp³-hybridized carbons (Fsp3) is 0.700. The molecule has 74 valence electrons. The predicted octanol–water partition coefficient (Wildman–Crippen LogP) is 2.53. The third-order valence-electron chi connectivity index (χ3n) is 2.52. The van der Waals surface area contributed by atoms with E-state index in [1.165, 1.54) is 0 Å². The highest BCUT2D eigenvalue weighted by atomic mass is 16.6. The third kappa shape index (κ3) is 1.69. The second-order valence-electron chi connectivity index (χ2n) is 3.86. The number of ether oxygens (including phenoxy) is 1. The van der Waals surface area contributed by atoms with Crippen molar-refractivity contribution in [2.45, 2.75) is 39.2 Å². The molecule has 3 nitrogen and oxygen atoms in total. The molecule has 1 amide bonds. The minimum Gasteiger partial charge on any atom is -0.413 e. The number of rotatable bonds is 3. The van der Waals surface area contributed by atoms with E-state index in [1.54, 1.807) is 4.90 Å².